The molecule has 4 N–H and O–H groups in total. The Hall–Kier alpha value is -2.16. The van der Waals surface area contributed by atoms with Crippen LogP contribution in [0.15, 0.2) is 18.3 Å². The maximum Gasteiger partial charge on any atom is 0.414 e. The lowest BCUT2D eigenvalue weighted by Crippen LogP contribution is -2.34. The number of halogens is 3. The molecule has 110 valence electrons. The van der Waals surface area contributed by atoms with Crippen molar-refractivity contribution in [3.05, 3.63) is 29.6 Å². The van der Waals surface area contributed by atoms with Gasteiger partial charge in [0, 0.05) is 12.7 Å². The van der Waals surface area contributed by atoms with Gasteiger partial charge in [0.15, 0.2) is 6.10 Å². The third-order valence-corrected chi connectivity index (χ3v) is 2.36. The van der Waals surface area contributed by atoms with Crippen molar-refractivity contribution in [3.8, 4) is 0 Å². The van der Waals surface area contributed by atoms with Crippen LogP contribution in [0, 0.1) is 0 Å². The predicted octanol–water partition coefficient (Wildman–Crippen LogP) is 0.224. The van der Waals surface area contributed by atoms with Crippen molar-refractivity contribution in [2.45, 2.75) is 18.7 Å². The zero-order valence-electron chi connectivity index (χ0n) is 10.1. The monoisotopic (exact) mass is 291 g/mol. The largest absolute Gasteiger partial charge is 0.414 e. The van der Waals surface area contributed by atoms with Crippen molar-refractivity contribution in [2.24, 2.45) is 5.73 Å². The second-order valence-electron chi connectivity index (χ2n) is 3.90. The van der Waals surface area contributed by atoms with Crippen LogP contribution in [0.5, 0.6) is 0 Å². The number of nitrogens with one attached hydrogen (secondary N) is 1. The van der Waals surface area contributed by atoms with Gasteiger partial charge in [-0.25, -0.2) is 0 Å². The third-order valence-electron chi connectivity index (χ3n) is 2.36. The summed E-state index contributed by atoms with van der Waals surface area (Å²) in [6, 6.07) is 2.49. The van der Waals surface area contributed by atoms with Gasteiger partial charge < -0.3 is 16.2 Å². The molecule has 20 heavy (non-hydrogen) atoms. The first kappa shape index (κ1) is 15.9. The average Bonchev–Trinajstić information content (AvgIpc) is 2.37. The van der Waals surface area contributed by atoms with Gasteiger partial charge in [-0.2, -0.15) is 13.2 Å². The van der Waals surface area contributed by atoms with Gasteiger partial charge in [0.25, 0.3) is 11.8 Å². The molecule has 0 aromatic carbocycles. The number of carbonyl (C=O) groups is 2. The molecule has 9 heteroatoms. The summed E-state index contributed by atoms with van der Waals surface area (Å²) in [5.41, 5.74) is 4.99. The molecule has 0 aliphatic heterocycles. The maximum absolute atomic E-state index is 12.0. The summed E-state index contributed by atoms with van der Waals surface area (Å²) in [6.45, 7) is -0.350. The van der Waals surface area contributed by atoms with Crippen LogP contribution in [-0.2, 0) is 0 Å². The van der Waals surface area contributed by atoms with Crippen molar-refractivity contribution < 1.29 is 27.9 Å². The van der Waals surface area contributed by atoms with Crippen molar-refractivity contribution in [2.75, 3.05) is 6.54 Å². The van der Waals surface area contributed by atoms with Crippen molar-refractivity contribution in [3.63, 3.8) is 0 Å². The SMILES string of the molecule is NC(=O)c1ccc(C(=O)NCC[C@@H](O)C(F)(F)F)cn1. The number of hydrogen-bond acceptors (Lipinski definition) is 4. The Morgan fingerprint density at radius 1 is 1.40 bits per heavy atom. The quantitative estimate of drug-likeness (QED) is 0.721. The summed E-state index contributed by atoms with van der Waals surface area (Å²) in [5, 5.41) is 10.9. The van der Waals surface area contributed by atoms with Crippen LogP contribution in [-0.4, -0.2) is 40.7 Å². The zero-order chi connectivity index (χ0) is 15.3. The van der Waals surface area contributed by atoms with Gasteiger partial charge in [-0.3, -0.25) is 14.6 Å². The highest BCUT2D eigenvalue weighted by Gasteiger charge is 2.37. The Labute approximate surface area is 111 Å². The first-order chi connectivity index (χ1) is 9.21. The van der Waals surface area contributed by atoms with E-state index in [-0.39, 0.29) is 17.8 Å². The molecular weight excluding hydrogens is 279 g/mol. The lowest BCUT2D eigenvalue weighted by atomic mass is 10.2. The summed E-state index contributed by atoms with van der Waals surface area (Å²) in [5.74, 6) is -1.42. The highest BCUT2D eigenvalue weighted by atomic mass is 19.4. The minimum Gasteiger partial charge on any atom is -0.384 e. The molecule has 0 radical (unpaired) electrons. The zero-order valence-corrected chi connectivity index (χ0v) is 10.1. The molecule has 6 nitrogen and oxygen atoms in total. The summed E-state index contributed by atoms with van der Waals surface area (Å²) in [6.07, 6.45) is -6.77. The second kappa shape index (κ2) is 6.33. The van der Waals surface area contributed by atoms with E-state index in [1.54, 1.807) is 0 Å². The predicted molar refractivity (Wildman–Crippen MR) is 61.8 cm³/mol. The van der Waals surface area contributed by atoms with Crippen LogP contribution in [0.1, 0.15) is 27.3 Å². The number of hydrogen-bond donors (Lipinski definition) is 3. The van der Waals surface area contributed by atoms with E-state index in [0.717, 1.165) is 6.20 Å². The Morgan fingerprint density at radius 3 is 2.50 bits per heavy atom. The molecule has 1 aromatic rings. The minimum atomic E-state index is -4.71. The molecular formula is C11H12F3N3O3. The van der Waals surface area contributed by atoms with E-state index < -0.39 is 30.5 Å². The van der Waals surface area contributed by atoms with Crippen LogP contribution in [0.25, 0.3) is 0 Å². The van der Waals surface area contributed by atoms with Crippen LogP contribution < -0.4 is 11.1 Å². The van der Waals surface area contributed by atoms with Crippen LogP contribution >= 0.6 is 0 Å². The highest BCUT2D eigenvalue weighted by Crippen LogP contribution is 2.21. The Bertz CT molecular complexity index is 488. The molecule has 2 amide bonds. The lowest BCUT2D eigenvalue weighted by molar-refractivity contribution is -0.204. The fraction of sp³-hybridized carbons (Fsp3) is 0.364. The fourth-order valence-electron chi connectivity index (χ4n) is 1.26. The Morgan fingerprint density at radius 2 is 2.05 bits per heavy atom. The second-order valence-corrected chi connectivity index (χ2v) is 3.90. The Kier molecular flexibility index (Phi) is 5.03. The molecule has 0 saturated carbocycles. The van der Waals surface area contributed by atoms with Gasteiger partial charge in [-0.05, 0) is 18.6 Å². The van der Waals surface area contributed by atoms with Gasteiger partial charge in [0.2, 0.25) is 0 Å². The fourth-order valence-corrected chi connectivity index (χ4v) is 1.26. The van der Waals surface area contributed by atoms with E-state index in [1.807, 2.05) is 0 Å². The molecule has 0 spiro atoms. The number of primary amides is 1. The highest BCUT2D eigenvalue weighted by molar-refractivity contribution is 5.95. The summed E-state index contributed by atoms with van der Waals surface area (Å²) in [7, 11) is 0. The molecule has 0 aliphatic carbocycles. The first-order valence-corrected chi connectivity index (χ1v) is 5.50. The topological polar surface area (TPSA) is 105 Å². The van der Waals surface area contributed by atoms with Gasteiger partial charge in [0.1, 0.15) is 5.69 Å². The molecule has 1 aromatic heterocycles. The first-order valence-electron chi connectivity index (χ1n) is 5.50. The van der Waals surface area contributed by atoms with Gasteiger partial charge in [-0.1, -0.05) is 0 Å². The standard InChI is InChI=1S/C11H12F3N3O3/c12-11(13,14)8(18)3-4-16-10(20)6-1-2-7(9(15)19)17-5-6/h1-2,5,8,18H,3-4H2,(H2,15,19)(H,16,20)/t8-/m1/s1. The number of aliphatic hydroxyl groups is 1. The smallest absolute Gasteiger partial charge is 0.384 e. The Balaban J connectivity index is 2.49. The van der Waals surface area contributed by atoms with Crippen LogP contribution in [0.4, 0.5) is 13.2 Å². The molecule has 1 rings (SSSR count). The van der Waals surface area contributed by atoms with E-state index in [0.29, 0.717) is 0 Å². The molecule has 0 bridgehead atoms. The summed E-state index contributed by atoms with van der Waals surface area (Å²) >= 11 is 0. The number of aliphatic hydroxyl groups excluding tert-OH is 1. The molecule has 0 fully saturated rings. The van der Waals surface area contributed by atoms with E-state index in [1.165, 1.54) is 12.1 Å². The minimum absolute atomic E-state index is 0.0333. The molecule has 0 unspecified atom stereocenters. The number of nitrogens with zero attached hydrogens (tertiary/aromatic N) is 1. The number of alkyl halides is 3. The van der Waals surface area contributed by atoms with Gasteiger partial charge >= 0.3 is 6.18 Å². The van der Waals surface area contributed by atoms with E-state index in [4.69, 9.17) is 10.8 Å². The number of amides is 2. The summed E-state index contributed by atoms with van der Waals surface area (Å²) in [4.78, 5) is 25.9. The molecule has 0 aliphatic rings. The summed E-state index contributed by atoms with van der Waals surface area (Å²) < 4.78 is 36.0. The maximum atomic E-state index is 12.0. The van der Waals surface area contributed by atoms with Crippen LogP contribution in [0.3, 0.4) is 0 Å². The van der Waals surface area contributed by atoms with Crippen molar-refractivity contribution >= 4 is 11.8 Å². The molecule has 1 atom stereocenters. The van der Waals surface area contributed by atoms with E-state index in [2.05, 4.69) is 10.3 Å². The van der Waals surface area contributed by atoms with Crippen molar-refractivity contribution in [1.29, 1.82) is 0 Å². The van der Waals surface area contributed by atoms with E-state index in [9.17, 15) is 22.8 Å². The van der Waals surface area contributed by atoms with Gasteiger partial charge in [0.05, 0.1) is 5.56 Å². The van der Waals surface area contributed by atoms with Crippen molar-refractivity contribution in [1.82, 2.24) is 10.3 Å². The normalized spacial score (nSPS) is 12.8. The van der Waals surface area contributed by atoms with E-state index >= 15 is 0 Å². The average molecular weight is 291 g/mol. The van der Waals surface area contributed by atoms with Crippen LogP contribution in [0.2, 0.25) is 0 Å². The molecule has 0 saturated heterocycles. The van der Waals surface area contributed by atoms with Gasteiger partial charge in [-0.15, -0.1) is 0 Å². The number of nitrogens with two attached hydrogens (primary N) is 1. The lowest BCUT2D eigenvalue weighted by Gasteiger charge is -2.14. The molecule has 1 heterocycles. The number of pyridine rings is 1. The third kappa shape index (κ3) is 4.50. The number of rotatable bonds is 5. The number of aromatic nitrogens is 1. The number of carbonyl (C=O) groups excluding carboxylic acids is 2.